The van der Waals surface area contributed by atoms with Gasteiger partial charge in [-0.2, -0.15) is 0 Å². The monoisotopic (exact) mass is 136 g/mol. The molecule has 0 radical (unpaired) electrons. The molecule has 0 saturated carbocycles. The van der Waals surface area contributed by atoms with Crippen molar-refractivity contribution in [3.63, 3.8) is 0 Å². The van der Waals surface area contributed by atoms with Gasteiger partial charge in [-0.1, -0.05) is 0 Å². The van der Waals surface area contributed by atoms with Gasteiger partial charge in [-0.25, -0.2) is 9.97 Å². The van der Waals surface area contributed by atoms with E-state index in [1.807, 2.05) is 6.07 Å². The summed E-state index contributed by atoms with van der Waals surface area (Å²) in [6.07, 6.45) is 4.71. The molecule has 0 bridgehead atoms. The molecule has 1 aliphatic rings. The summed E-state index contributed by atoms with van der Waals surface area (Å²) in [5.41, 5.74) is 0. The molecule has 1 aromatic rings. The van der Waals surface area contributed by atoms with Gasteiger partial charge in [-0.3, -0.25) is 0 Å². The Bertz CT molecular complexity index is 208. The number of aromatic nitrogens is 2. The zero-order valence-electron chi connectivity index (χ0n) is 5.53. The molecule has 1 saturated heterocycles. The third kappa shape index (κ3) is 0.885. The molecule has 0 aliphatic carbocycles. The lowest BCUT2D eigenvalue weighted by Crippen LogP contribution is -2.20. The summed E-state index contributed by atoms with van der Waals surface area (Å²) in [5, 5.41) is 0. The van der Waals surface area contributed by atoms with Crippen LogP contribution in [0.1, 0.15) is 18.3 Å². The fourth-order valence-electron chi connectivity index (χ4n) is 0.916. The summed E-state index contributed by atoms with van der Waals surface area (Å²) >= 11 is 0. The molecule has 0 spiro atoms. The highest BCUT2D eigenvalue weighted by Gasteiger charge is 2.21. The van der Waals surface area contributed by atoms with Gasteiger partial charge in [-0.15, -0.1) is 0 Å². The first-order valence-electron chi connectivity index (χ1n) is 3.35. The van der Waals surface area contributed by atoms with Gasteiger partial charge in [0.15, 0.2) is 5.82 Å². The van der Waals surface area contributed by atoms with Crippen molar-refractivity contribution in [2.45, 2.75) is 12.5 Å². The second-order valence-electron chi connectivity index (χ2n) is 2.26. The molecule has 2 rings (SSSR count). The van der Waals surface area contributed by atoms with Crippen molar-refractivity contribution >= 4 is 0 Å². The van der Waals surface area contributed by atoms with Crippen LogP contribution in [0, 0.1) is 0 Å². The van der Waals surface area contributed by atoms with Crippen LogP contribution in [0.15, 0.2) is 18.5 Å². The van der Waals surface area contributed by atoms with Crippen molar-refractivity contribution in [2.75, 3.05) is 6.61 Å². The molecule has 2 heterocycles. The molecule has 1 unspecified atom stereocenters. The maximum atomic E-state index is 5.19. The van der Waals surface area contributed by atoms with E-state index in [4.69, 9.17) is 4.74 Å². The Morgan fingerprint density at radius 1 is 1.40 bits per heavy atom. The fourth-order valence-corrected chi connectivity index (χ4v) is 0.916. The van der Waals surface area contributed by atoms with E-state index in [1.54, 1.807) is 12.4 Å². The first kappa shape index (κ1) is 5.80. The van der Waals surface area contributed by atoms with Gasteiger partial charge < -0.3 is 4.74 Å². The number of hydrogen-bond acceptors (Lipinski definition) is 3. The highest BCUT2D eigenvalue weighted by atomic mass is 16.5. The van der Waals surface area contributed by atoms with Gasteiger partial charge in [0.05, 0.1) is 6.61 Å². The van der Waals surface area contributed by atoms with Crippen LogP contribution < -0.4 is 0 Å². The number of ether oxygens (including phenoxy) is 1. The van der Waals surface area contributed by atoms with Gasteiger partial charge in [0.1, 0.15) is 6.10 Å². The predicted molar refractivity (Wildman–Crippen MR) is 35.3 cm³/mol. The van der Waals surface area contributed by atoms with E-state index in [-0.39, 0.29) is 6.10 Å². The standard InChI is InChI=1S/C7H8N2O/c1-3-8-7(9-4-1)6-2-5-10-6/h1,3-4,6H,2,5H2. The van der Waals surface area contributed by atoms with Crippen LogP contribution in [-0.4, -0.2) is 16.6 Å². The van der Waals surface area contributed by atoms with Crippen LogP contribution >= 0.6 is 0 Å². The topological polar surface area (TPSA) is 35.0 Å². The molecule has 1 fully saturated rings. The lowest BCUT2D eigenvalue weighted by molar-refractivity contribution is -0.0580. The van der Waals surface area contributed by atoms with Crippen molar-refractivity contribution in [3.8, 4) is 0 Å². The molecule has 1 atom stereocenters. The smallest absolute Gasteiger partial charge is 0.157 e. The van der Waals surface area contributed by atoms with Crippen LogP contribution in [0.4, 0.5) is 0 Å². The maximum Gasteiger partial charge on any atom is 0.157 e. The quantitative estimate of drug-likeness (QED) is 0.576. The molecule has 3 nitrogen and oxygen atoms in total. The third-order valence-corrected chi connectivity index (χ3v) is 1.57. The Morgan fingerprint density at radius 3 is 2.60 bits per heavy atom. The Morgan fingerprint density at radius 2 is 2.10 bits per heavy atom. The molecule has 0 amide bonds. The van der Waals surface area contributed by atoms with Crippen molar-refractivity contribution in [1.82, 2.24) is 9.97 Å². The normalized spacial score (nSPS) is 23.8. The first-order chi connectivity index (χ1) is 4.97. The third-order valence-electron chi connectivity index (χ3n) is 1.57. The Kier molecular flexibility index (Phi) is 1.36. The van der Waals surface area contributed by atoms with E-state index in [0.29, 0.717) is 0 Å². The highest BCUT2D eigenvalue weighted by Crippen LogP contribution is 2.25. The molecule has 0 aromatic carbocycles. The molecule has 10 heavy (non-hydrogen) atoms. The second kappa shape index (κ2) is 2.34. The van der Waals surface area contributed by atoms with Gasteiger partial charge >= 0.3 is 0 Å². The molecule has 3 heteroatoms. The van der Waals surface area contributed by atoms with Crippen LogP contribution in [0.5, 0.6) is 0 Å². The van der Waals surface area contributed by atoms with E-state index in [0.717, 1.165) is 18.9 Å². The van der Waals surface area contributed by atoms with Crippen LogP contribution in [0.3, 0.4) is 0 Å². The van der Waals surface area contributed by atoms with Gasteiger partial charge in [0.25, 0.3) is 0 Å². The minimum atomic E-state index is 0.168. The van der Waals surface area contributed by atoms with E-state index < -0.39 is 0 Å². The zero-order chi connectivity index (χ0) is 6.81. The zero-order valence-corrected chi connectivity index (χ0v) is 5.53. The van der Waals surface area contributed by atoms with Crippen molar-refractivity contribution in [3.05, 3.63) is 24.3 Å². The summed E-state index contributed by atoms with van der Waals surface area (Å²) < 4.78 is 5.19. The second-order valence-corrected chi connectivity index (χ2v) is 2.26. The number of rotatable bonds is 1. The van der Waals surface area contributed by atoms with E-state index in [1.165, 1.54) is 0 Å². The molecule has 52 valence electrons. The van der Waals surface area contributed by atoms with Gasteiger partial charge in [-0.05, 0) is 6.07 Å². The minimum absolute atomic E-state index is 0.168. The van der Waals surface area contributed by atoms with Crippen LogP contribution in [0.2, 0.25) is 0 Å². The fraction of sp³-hybridized carbons (Fsp3) is 0.429. The van der Waals surface area contributed by atoms with E-state index >= 15 is 0 Å². The summed E-state index contributed by atoms with van der Waals surface area (Å²) in [4.78, 5) is 8.13. The number of nitrogens with zero attached hydrogens (tertiary/aromatic N) is 2. The summed E-state index contributed by atoms with van der Waals surface area (Å²) in [6.45, 7) is 0.850. The lowest BCUT2D eigenvalue weighted by Gasteiger charge is -2.24. The first-order valence-corrected chi connectivity index (χ1v) is 3.35. The van der Waals surface area contributed by atoms with Crippen LogP contribution in [0.25, 0.3) is 0 Å². The average Bonchev–Trinajstić information content (AvgIpc) is 1.86. The summed E-state index contributed by atoms with van der Waals surface area (Å²) in [7, 11) is 0. The molecule has 1 aliphatic heterocycles. The number of hydrogen-bond donors (Lipinski definition) is 0. The maximum absolute atomic E-state index is 5.19. The predicted octanol–water partition coefficient (Wildman–Crippen LogP) is 0.938. The van der Waals surface area contributed by atoms with E-state index in [9.17, 15) is 0 Å². The van der Waals surface area contributed by atoms with Crippen LogP contribution in [-0.2, 0) is 4.74 Å². The molecular formula is C7H8N2O. The SMILES string of the molecule is c1cnc(C2CCO2)nc1. The summed E-state index contributed by atoms with van der Waals surface area (Å²) in [6, 6.07) is 1.81. The average molecular weight is 136 g/mol. The Labute approximate surface area is 59.1 Å². The van der Waals surface area contributed by atoms with Crippen molar-refractivity contribution in [1.29, 1.82) is 0 Å². The molecule has 1 aromatic heterocycles. The van der Waals surface area contributed by atoms with Crippen molar-refractivity contribution < 1.29 is 4.74 Å². The largest absolute Gasteiger partial charge is 0.370 e. The Hall–Kier alpha value is -0.960. The summed E-state index contributed by atoms with van der Waals surface area (Å²) in [5.74, 6) is 0.814. The van der Waals surface area contributed by atoms with Gasteiger partial charge in [0, 0.05) is 18.8 Å². The Balaban J connectivity index is 2.18. The molecule has 0 N–H and O–H groups in total. The minimum Gasteiger partial charge on any atom is -0.370 e. The molecular weight excluding hydrogens is 128 g/mol. The highest BCUT2D eigenvalue weighted by molar-refractivity contribution is 4.95. The lowest BCUT2D eigenvalue weighted by atomic mass is 10.2. The van der Waals surface area contributed by atoms with E-state index in [2.05, 4.69) is 9.97 Å². The van der Waals surface area contributed by atoms with Crippen molar-refractivity contribution in [2.24, 2.45) is 0 Å². The van der Waals surface area contributed by atoms with Gasteiger partial charge in [0.2, 0.25) is 0 Å².